The highest BCUT2D eigenvalue weighted by atomic mass is 16.6. The fraction of sp³-hybridized carbons (Fsp3) is 0.833. The topological polar surface area (TPSA) is 125 Å². The molecule has 0 aliphatic carbocycles. The highest BCUT2D eigenvalue weighted by molar-refractivity contribution is 6.03. The van der Waals surface area contributed by atoms with Crippen LogP contribution in [0.3, 0.4) is 0 Å². The molecule has 42 heavy (non-hydrogen) atoms. The number of amides is 3. The van der Waals surface area contributed by atoms with Crippen molar-refractivity contribution in [2.75, 3.05) is 65.9 Å². The molecule has 2 aliphatic rings. The third kappa shape index (κ3) is 10.7. The van der Waals surface area contributed by atoms with Gasteiger partial charge in [0.05, 0.1) is 84.5 Å². The van der Waals surface area contributed by atoms with Crippen LogP contribution >= 0.6 is 0 Å². The number of imide groups is 1. The Morgan fingerprint density at radius 3 is 2.02 bits per heavy atom. The molecule has 0 radical (unpaired) electrons. The summed E-state index contributed by atoms with van der Waals surface area (Å²) < 4.78 is 23.8. The van der Waals surface area contributed by atoms with Crippen LogP contribution in [0, 0.1) is 22.7 Å². The van der Waals surface area contributed by atoms with Crippen molar-refractivity contribution in [2.45, 2.75) is 73.9 Å². The van der Waals surface area contributed by atoms with Crippen molar-refractivity contribution in [3.05, 3.63) is 11.9 Å². The van der Waals surface area contributed by atoms with Crippen LogP contribution in [0.25, 0.3) is 0 Å². The molecule has 2 unspecified atom stereocenters. The largest absolute Gasteiger partial charge is 0.379 e. The van der Waals surface area contributed by atoms with E-state index in [1.54, 1.807) is 10.9 Å². The molecule has 0 spiro atoms. The van der Waals surface area contributed by atoms with Crippen LogP contribution in [0.2, 0.25) is 0 Å². The molecule has 2 aliphatic heterocycles. The van der Waals surface area contributed by atoms with E-state index in [0.29, 0.717) is 77.4 Å². The number of carbonyl (C=O) groups excluding carboxylic acids is 3. The van der Waals surface area contributed by atoms with Crippen molar-refractivity contribution in [1.82, 2.24) is 24.8 Å². The van der Waals surface area contributed by atoms with Crippen molar-refractivity contribution in [2.24, 2.45) is 22.7 Å². The maximum atomic E-state index is 12.7. The molecule has 0 aromatic carbocycles. The van der Waals surface area contributed by atoms with Gasteiger partial charge < -0.3 is 23.8 Å². The Morgan fingerprint density at radius 1 is 0.881 bits per heavy atom. The molecule has 238 valence electrons. The minimum absolute atomic E-state index is 0.139. The van der Waals surface area contributed by atoms with E-state index in [-0.39, 0.29) is 47.4 Å². The van der Waals surface area contributed by atoms with E-state index in [1.807, 2.05) is 25.7 Å². The van der Waals surface area contributed by atoms with E-state index in [2.05, 4.69) is 31.1 Å². The lowest BCUT2D eigenvalue weighted by atomic mass is 9.80. The van der Waals surface area contributed by atoms with Gasteiger partial charge in [-0.15, -0.1) is 5.10 Å². The average Bonchev–Trinajstić information content (AvgIpc) is 3.65. The predicted octanol–water partition coefficient (Wildman–Crippen LogP) is 2.55. The highest BCUT2D eigenvalue weighted by Crippen LogP contribution is 2.36. The third-order valence-electron chi connectivity index (χ3n) is 8.00. The summed E-state index contributed by atoms with van der Waals surface area (Å²) in [6, 6.07) is 0. The summed E-state index contributed by atoms with van der Waals surface area (Å²) in [6.07, 6.45) is 3.47. The Hall–Kier alpha value is -2.41. The number of rotatable bonds is 17. The molecule has 1 aromatic rings. The third-order valence-corrected chi connectivity index (χ3v) is 8.00. The van der Waals surface area contributed by atoms with E-state index < -0.39 is 0 Å². The lowest BCUT2D eigenvalue weighted by molar-refractivity contribution is -0.141. The quantitative estimate of drug-likeness (QED) is 0.198. The van der Waals surface area contributed by atoms with Crippen molar-refractivity contribution < 1.29 is 33.3 Å². The maximum absolute atomic E-state index is 12.7. The van der Waals surface area contributed by atoms with E-state index >= 15 is 0 Å². The van der Waals surface area contributed by atoms with E-state index in [9.17, 15) is 14.4 Å². The summed E-state index contributed by atoms with van der Waals surface area (Å²) in [5.41, 5.74) is 0.559. The predicted molar refractivity (Wildman–Crippen MR) is 155 cm³/mol. The zero-order valence-electron chi connectivity index (χ0n) is 26.4. The lowest BCUT2D eigenvalue weighted by Gasteiger charge is -2.27. The second-order valence-electron chi connectivity index (χ2n) is 13.3. The summed E-state index contributed by atoms with van der Waals surface area (Å²) in [5.74, 6) is 0.137. The van der Waals surface area contributed by atoms with Crippen LogP contribution in [-0.4, -0.2) is 108 Å². The van der Waals surface area contributed by atoms with Crippen molar-refractivity contribution in [3.63, 3.8) is 0 Å². The van der Waals surface area contributed by atoms with Crippen LogP contribution in [0.1, 0.15) is 66.5 Å². The molecular weight excluding hydrogens is 542 g/mol. The van der Waals surface area contributed by atoms with Crippen molar-refractivity contribution >= 4 is 17.7 Å². The molecular formula is C30H51N5O7. The zero-order valence-corrected chi connectivity index (χ0v) is 26.4. The molecule has 12 nitrogen and oxygen atoms in total. The minimum Gasteiger partial charge on any atom is -0.379 e. The fourth-order valence-corrected chi connectivity index (χ4v) is 5.14. The minimum atomic E-state index is -0.300. The second-order valence-corrected chi connectivity index (χ2v) is 13.3. The molecule has 0 bridgehead atoms. The monoisotopic (exact) mass is 593 g/mol. The normalized spacial score (nSPS) is 19.9. The molecule has 0 saturated carbocycles. The number of hydrogen-bond acceptors (Lipinski definition) is 9. The molecule has 3 heterocycles. The first-order valence-electron chi connectivity index (χ1n) is 15.2. The number of nitrogens with zero attached hydrogens (tertiary/aromatic N) is 5. The Bertz CT molecular complexity index is 1020. The molecule has 2 saturated heterocycles. The van der Waals surface area contributed by atoms with Gasteiger partial charge >= 0.3 is 0 Å². The van der Waals surface area contributed by atoms with E-state index in [1.165, 1.54) is 4.90 Å². The Morgan fingerprint density at radius 2 is 1.48 bits per heavy atom. The number of likely N-dealkylation sites (tertiary alicyclic amines) is 2. The fourth-order valence-electron chi connectivity index (χ4n) is 5.14. The molecule has 1 aromatic heterocycles. The average molecular weight is 594 g/mol. The number of carbonyl (C=O) groups is 3. The first-order valence-corrected chi connectivity index (χ1v) is 15.2. The first kappa shape index (κ1) is 34.1. The van der Waals surface area contributed by atoms with Gasteiger partial charge in [0.2, 0.25) is 17.7 Å². The van der Waals surface area contributed by atoms with Gasteiger partial charge in [-0.2, -0.15) is 0 Å². The molecule has 0 N–H and O–H groups in total. The number of hydrogen-bond donors (Lipinski definition) is 0. The summed E-state index contributed by atoms with van der Waals surface area (Å²) in [4.78, 5) is 40.6. The van der Waals surface area contributed by atoms with Gasteiger partial charge in [0.15, 0.2) is 0 Å². The van der Waals surface area contributed by atoms with Crippen molar-refractivity contribution in [3.8, 4) is 0 Å². The standard InChI is InChI=1S/C30H51N5O7/c1-29(2,3)23-7-9-33(20-23)26(36)8-11-39-13-15-41-17-18-42-16-14-40-12-10-34-21-24(31-32-34)22-35-27(37)19-25(28(35)38)30(4,5)6/h21,23,25H,7-20,22H2,1-6H3. The van der Waals surface area contributed by atoms with Gasteiger partial charge in [0, 0.05) is 19.5 Å². The van der Waals surface area contributed by atoms with Gasteiger partial charge in [0.1, 0.15) is 5.69 Å². The summed E-state index contributed by atoms with van der Waals surface area (Å²) in [6.45, 7) is 18.6. The molecule has 2 atom stereocenters. The summed E-state index contributed by atoms with van der Waals surface area (Å²) in [7, 11) is 0. The Labute approximate surface area is 250 Å². The smallest absolute Gasteiger partial charge is 0.233 e. The van der Waals surface area contributed by atoms with Crippen LogP contribution in [-0.2, 0) is 46.4 Å². The summed E-state index contributed by atoms with van der Waals surface area (Å²) in [5, 5.41) is 8.16. The van der Waals surface area contributed by atoms with Crippen LogP contribution in [0.4, 0.5) is 0 Å². The van der Waals surface area contributed by atoms with E-state index in [4.69, 9.17) is 18.9 Å². The molecule has 3 amide bonds. The van der Waals surface area contributed by atoms with Crippen LogP contribution in [0.5, 0.6) is 0 Å². The summed E-state index contributed by atoms with van der Waals surface area (Å²) >= 11 is 0. The van der Waals surface area contributed by atoms with Gasteiger partial charge in [0.25, 0.3) is 0 Å². The van der Waals surface area contributed by atoms with Gasteiger partial charge in [-0.1, -0.05) is 46.8 Å². The SMILES string of the molecule is CC(C)(C)C1CCN(C(=O)CCOCCOCCOCCOCCn2cc(CN3C(=O)CC(C(C)(C)C)C3=O)nn2)C1. The van der Waals surface area contributed by atoms with Crippen LogP contribution in [0.15, 0.2) is 6.20 Å². The highest BCUT2D eigenvalue weighted by Gasteiger charge is 2.44. The first-order chi connectivity index (χ1) is 19.9. The Balaban J connectivity index is 1.12. The zero-order chi connectivity index (χ0) is 30.8. The van der Waals surface area contributed by atoms with Gasteiger partial charge in [-0.25, -0.2) is 4.68 Å². The molecule has 2 fully saturated rings. The molecule has 3 rings (SSSR count). The van der Waals surface area contributed by atoms with Crippen LogP contribution < -0.4 is 0 Å². The Kier molecular flexibility index (Phi) is 12.9. The second kappa shape index (κ2) is 15.9. The molecule has 12 heteroatoms. The lowest BCUT2D eigenvalue weighted by Crippen LogP contribution is -2.33. The van der Waals surface area contributed by atoms with Gasteiger partial charge in [-0.3, -0.25) is 19.3 Å². The van der Waals surface area contributed by atoms with E-state index in [0.717, 1.165) is 19.5 Å². The van der Waals surface area contributed by atoms with Crippen molar-refractivity contribution in [1.29, 1.82) is 0 Å². The maximum Gasteiger partial charge on any atom is 0.233 e. The van der Waals surface area contributed by atoms with Gasteiger partial charge in [-0.05, 0) is 23.2 Å². The number of aromatic nitrogens is 3. The number of ether oxygens (including phenoxy) is 4.